The maximum Gasteiger partial charge on any atom is 0.135 e. The van der Waals surface area contributed by atoms with Gasteiger partial charge in [0.15, 0.2) is 0 Å². The van der Waals surface area contributed by atoms with Gasteiger partial charge >= 0.3 is 0 Å². The molecule has 0 aliphatic carbocycles. The molecule has 0 spiro atoms. The van der Waals surface area contributed by atoms with Crippen LogP contribution in [-0.2, 0) is 0 Å². The van der Waals surface area contributed by atoms with E-state index in [9.17, 15) is 0 Å². The lowest BCUT2D eigenvalue weighted by molar-refractivity contribution is 0.582. The van der Waals surface area contributed by atoms with E-state index < -0.39 is 0 Å². The number of furan rings is 1. The van der Waals surface area contributed by atoms with Crippen LogP contribution in [0.5, 0.6) is 0 Å². The van der Waals surface area contributed by atoms with E-state index in [2.05, 4.69) is 27.3 Å². The van der Waals surface area contributed by atoms with Gasteiger partial charge in [0, 0.05) is 37.2 Å². The van der Waals surface area contributed by atoms with Gasteiger partial charge in [-0.25, -0.2) is 4.98 Å². The molecule has 0 aliphatic rings. The van der Waals surface area contributed by atoms with E-state index in [1.807, 2.05) is 50.5 Å². The molecule has 106 valence electrons. The van der Waals surface area contributed by atoms with Gasteiger partial charge in [-0.1, -0.05) is 6.07 Å². The summed E-state index contributed by atoms with van der Waals surface area (Å²) in [6, 6.07) is 15.9. The van der Waals surface area contributed by atoms with E-state index in [4.69, 9.17) is 4.42 Å². The number of nitrogens with one attached hydrogen (secondary N) is 1. The quantitative estimate of drug-likeness (QED) is 0.779. The van der Waals surface area contributed by atoms with Gasteiger partial charge in [-0.3, -0.25) is 0 Å². The normalized spacial score (nSPS) is 10.4. The zero-order valence-corrected chi connectivity index (χ0v) is 12.1. The average Bonchev–Trinajstić information content (AvgIpc) is 3.02. The Bertz CT molecular complexity index is 703. The van der Waals surface area contributed by atoms with Crippen molar-refractivity contribution in [2.24, 2.45) is 0 Å². The Labute approximate surface area is 124 Å². The van der Waals surface area contributed by atoms with Gasteiger partial charge in [-0.05, 0) is 42.5 Å². The van der Waals surface area contributed by atoms with Crippen LogP contribution in [0.3, 0.4) is 0 Å². The number of aromatic nitrogens is 1. The molecule has 2 aromatic heterocycles. The van der Waals surface area contributed by atoms with Gasteiger partial charge in [0.05, 0.1) is 6.26 Å². The number of hydrogen-bond donors (Lipinski definition) is 1. The molecule has 0 atom stereocenters. The van der Waals surface area contributed by atoms with Crippen molar-refractivity contribution in [1.82, 2.24) is 4.98 Å². The van der Waals surface area contributed by atoms with Crippen LogP contribution >= 0.6 is 0 Å². The lowest BCUT2D eigenvalue weighted by Gasteiger charge is -2.14. The van der Waals surface area contributed by atoms with E-state index in [1.165, 1.54) is 0 Å². The standard InChI is InChI=1S/C17H17N3O/c1-20(2)15-6-3-5-14(11-15)19-17-9-8-13(12-18-17)16-7-4-10-21-16/h3-12H,1-2H3,(H,18,19). The zero-order valence-electron chi connectivity index (χ0n) is 12.1. The molecule has 0 bridgehead atoms. The van der Waals surface area contributed by atoms with Gasteiger partial charge < -0.3 is 14.6 Å². The molecule has 0 aliphatic heterocycles. The summed E-state index contributed by atoms with van der Waals surface area (Å²) < 4.78 is 5.35. The van der Waals surface area contributed by atoms with Crippen molar-refractivity contribution in [2.45, 2.75) is 0 Å². The van der Waals surface area contributed by atoms with Gasteiger partial charge in [0.1, 0.15) is 11.6 Å². The smallest absolute Gasteiger partial charge is 0.135 e. The van der Waals surface area contributed by atoms with Crippen LogP contribution in [0, 0.1) is 0 Å². The zero-order chi connectivity index (χ0) is 14.7. The van der Waals surface area contributed by atoms with Crippen LogP contribution in [0.4, 0.5) is 17.2 Å². The molecule has 0 fully saturated rings. The van der Waals surface area contributed by atoms with E-state index in [1.54, 1.807) is 12.5 Å². The molecular weight excluding hydrogens is 262 g/mol. The Morgan fingerprint density at radius 2 is 1.95 bits per heavy atom. The van der Waals surface area contributed by atoms with Crippen molar-refractivity contribution in [3.05, 3.63) is 61.0 Å². The first kappa shape index (κ1) is 13.2. The summed E-state index contributed by atoms with van der Waals surface area (Å²) in [7, 11) is 4.05. The summed E-state index contributed by atoms with van der Waals surface area (Å²) in [5, 5.41) is 3.30. The van der Waals surface area contributed by atoms with E-state index in [-0.39, 0.29) is 0 Å². The molecule has 2 heterocycles. The molecule has 3 rings (SSSR count). The minimum atomic E-state index is 0.807. The van der Waals surface area contributed by atoms with Gasteiger partial charge in [0.25, 0.3) is 0 Å². The summed E-state index contributed by atoms with van der Waals surface area (Å²) in [4.78, 5) is 6.49. The molecular formula is C17H17N3O. The Morgan fingerprint density at radius 3 is 2.62 bits per heavy atom. The fourth-order valence-corrected chi connectivity index (χ4v) is 2.07. The second-order valence-corrected chi connectivity index (χ2v) is 4.98. The van der Waals surface area contributed by atoms with Crippen LogP contribution < -0.4 is 10.2 Å². The maximum atomic E-state index is 5.35. The average molecular weight is 279 g/mol. The van der Waals surface area contributed by atoms with Crippen LogP contribution in [-0.4, -0.2) is 19.1 Å². The minimum Gasteiger partial charge on any atom is -0.464 e. The second kappa shape index (κ2) is 5.71. The molecule has 0 saturated carbocycles. The van der Waals surface area contributed by atoms with Crippen molar-refractivity contribution in [2.75, 3.05) is 24.3 Å². The van der Waals surface area contributed by atoms with Crippen molar-refractivity contribution < 1.29 is 4.42 Å². The molecule has 4 heteroatoms. The molecule has 4 nitrogen and oxygen atoms in total. The van der Waals surface area contributed by atoms with Crippen molar-refractivity contribution >= 4 is 17.2 Å². The highest BCUT2D eigenvalue weighted by atomic mass is 16.3. The maximum absolute atomic E-state index is 5.35. The predicted octanol–water partition coefficient (Wildman–Crippen LogP) is 4.15. The SMILES string of the molecule is CN(C)c1cccc(Nc2ccc(-c3ccco3)cn2)c1. The van der Waals surface area contributed by atoms with Gasteiger partial charge in [-0.2, -0.15) is 0 Å². The van der Waals surface area contributed by atoms with E-state index in [0.29, 0.717) is 0 Å². The Hall–Kier alpha value is -2.75. The largest absolute Gasteiger partial charge is 0.464 e. The fraction of sp³-hybridized carbons (Fsp3) is 0.118. The first-order valence-electron chi connectivity index (χ1n) is 6.77. The van der Waals surface area contributed by atoms with E-state index in [0.717, 1.165) is 28.5 Å². The first-order chi connectivity index (χ1) is 10.2. The van der Waals surface area contributed by atoms with Crippen LogP contribution in [0.2, 0.25) is 0 Å². The summed E-state index contributed by atoms with van der Waals surface area (Å²) in [5.74, 6) is 1.63. The molecule has 3 aromatic rings. The molecule has 0 saturated heterocycles. The fourth-order valence-electron chi connectivity index (χ4n) is 2.07. The Balaban J connectivity index is 1.78. The number of nitrogens with zero attached hydrogens (tertiary/aromatic N) is 2. The van der Waals surface area contributed by atoms with Crippen molar-refractivity contribution in [3.63, 3.8) is 0 Å². The van der Waals surface area contributed by atoms with Crippen molar-refractivity contribution in [3.8, 4) is 11.3 Å². The number of rotatable bonds is 4. The molecule has 1 N–H and O–H groups in total. The lowest BCUT2D eigenvalue weighted by Crippen LogP contribution is -2.08. The third kappa shape index (κ3) is 3.05. The highest BCUT2D eigenvalue weighted by Crippen LogP contribution is 2.23. The van der Waals surface area contributed by atoms with Crippen LogP contribution in [0.1, 0.15) is 0 Å². The predicted molar refractivity (Wildman–Crippen MR) is 86.0 cm³/mol. The van der Waals surface area contributed by atoms with E-state index >= 15 is 0 Å². The first-order valence-corrected chi connectivity index (χ1v) is 6.77. The third-order valence-corrected chi connectivity index (χ3v) is 3.20. The number of benzene rings is 1. The molecule has 0 radical (unpaired) electrons. The highest BCUT2D eigenvalue weighted by molar-refractivity contribution is 5.65. The topological polar surface area (TPSA) is 41.3 Å². The summed E-state index contributed by atoms with van der Waals surface area (Å²) in [6.07, 6.45) is 3.46. The van der Waals surface area contributed by atoms with Crippen LogP contribution in [0.15, 0.2) is 65.4 Å². The Kier molecular flexibility index (Phi) is 3.60. The summed E-state index contributed by atoms with van der Waals surface area (Å²) in [6.45, 7) is 0. The molecule has 0 unspecified atom stereocenters. The Morgan fingerprint density at radius 1 is 1.05 bits per heavy atom. The second-order valence-electron chi connectivity index (χ2n) is 4.98. The molecule has 1 aromatic carbocycles. The number of anilines is 3. The molecule has 21 heavy (non-hydrogen) atoms. The summed E-state index contributed by atoms with van der Waals surface area (Å²) in [5.41, 5.74) is 3.12. The number of hydrogen-bond acceptors (Lipinski definition) is 4. The summed E-state index contributed by atoms with van der Waals surface area (Å²) >= 11 is 0. The van der Waals surface area contributed by atoms with Gasteiger partial charge in [-0.15, -0.1) is 0 Å². The monoisotopic (exact) mass is 279 g/mol. The number of pyridine rings is 1. The lowest BCUT2D eigenvalue weighted by atomic mass is 10.2. The molecule has 0 amide bonds. The highest BCUT2D eigenvalue weighted by Gasteiger charge is 2.02. The van der Waals surface area contributed by atoms with Crippen molar-refractivity contribution in [1.29, 1.82) is 0 Å². The third-order valence-electron chi connectivity index (χ3n) is 3.20. The van der Waals surface area contributed by atoms with Crippen LogP contribution in [0.25, 0.3) is 11.3 Å². The minimum absolute atomic E-state index is 0.807. The van der Waals surface area contributed by atoms with Gasteiger partial charge in [0.2, 0.25) is 0 Å².